The SMILES string of the molecule is N=C(N1CC1)C1(CN=NCC2(C(=N)N3CC3)CCC2)CCC1. The summed E-state index contributed by atoms with van der Waals surface area (Å²) in [6.45, 7) is 5.55. The van der Waals surface area contributed by atoms with Crippen LogP contribution in [0.3, 0.4) is 0 Å². The van der Waals surface area contributed by atoms with Gasteiger partial charge >= 0.3 is 0 Å². The van der Waals surface area contributed by atoms with E-state index in [9.17, 15) is 0 Å². The summed E-state index contributed by atoms with van der Waals surface area (Å²) in [5, 5.41) is 25.6. The number of azo groups is 1. The van der Waals surface area contributed by atoms with Crippen molar-refractivity contribution in [3.63, 3.8) is 0 Å². The second-order valence-corrected chi connectivity index (χ2v) is 7.54. The van der Waals surface area contributed by atoms with Crippen molar-refractivity contribution in [1.82, 2.24) is 9.80 Å². The average molecular weight is 302 g/mol. The first kappa shape index (κ1) is 14.2. The van der Waals surface area contributed by atoms with Crippen molar-refractivity contribution >= 4 is 11.7 Å². The van der Waals surface area contributed by atoms with Gasteiger partial charge in [-0.1, -0.05) is 12.8 Å². The van der Waals surface area contributed by atoms with Crippen molar-refractivity contribution in [1.29, 1.82) is 10.8 Å². The third-order valence-electron chi connectivity index (χ3n) is 6.00. The van der Waals surface area contributed by atoms with Crippen LogP contribution in [0.5, 0.6) is 0 Å². The smallest absolute Gasteiger partial charge is 0.104 e. The van der Waals surface area contributed by atoms with Crippen LogP contribution in [0.2, 0.25) is 0 Å². The molecular weight excluding hydrogens is 276 g/mol. The van der Waals surface area contributed by atoms with Crippen molar-refractivity contribution in [3.05, 3.63) is 0 Å². The van der Waals surface area contributed by atoms with Gasteiger partial charge < -0.3 is 9.80 Å². The maximum atomic E-state index is 8.33. The van der Waals surface area contributed by atoms with Gasteiger partial charge in [0.15, 0.2) is 0 Å². The van der Waals surface area contributed by atoms with Crippen LogP contribution < -0.4 is 0 Å². The third-order valence-corrected chi connectivity index (χ3v) is 6.00. The molecule has 2 saturated heterocycles. The molecule has 6 nitrogen and oxygen atoms in total. The topological polar surface area (TPSA) is 78.4 Å². The Bertz CT molecular complexity index is 463. The van der Waals surface area contributed by atoms with Crippen molar-refractivity contribution in [3.8, 4) is 0 Å². The lowest BCUT2D eigenvalue weighted by Gasteiger charge is -2.42. The molecule has 6 heteroatoms. The molecule has 0 aromatic rings. The standard InChI is InChI=1S/C16H26N6/c17-13(21-7-8-21)15(3-1-4-15)11-19-20-12-16(5-2-6-16)14(18)22-9-10-22/h17-18H,1-12H2. The third kappa shape index (κ3) is 2.32. The summed E-state index contributed by atoms with van der Waals surface area (Å²) in [5.74, 6) is 1.60. The first-order valence-electron chi connectivity index (χ1n) is 8.67. The van der Waals surface area contributed by atoms with Crippen LogP contribution in [0, 0.1) is 21.6 Å². The lowest BCUT2D eigenvalue weighted by Crippen LogP contribution is -2.44. The molecule has 0 aromatic carbocycles. The van der Waals surface area contributed by atoms with Crippen molar-refractivity contribution in [2.75, 3.05) is 39.3 Å². The van der Waals surface area contributed by atoms with E-state index in [4.69, 9.17) is 10.8 Å². The number of hydrogen-bond donors (Lipinski definition) is 2. The molecule has 0 unspecified atom stereocenters. The maximum Gasteiger partial charge on any atom is 0.104 e. The molecule has 2 heterocycles. The van der Waals surface area contributed by atoms with Gasteiger partial charge in [0, 0.05) is 37.0 Å². The van der Waals surface area contributed by atoms with Crippen LogP contribution in [0.25, 0.3) is 0 Å². The summed E-state index contributed by atoms with van der Waals surface area (Å²) < 4.78 is 0. The Morgan fingerprint density at radius 2 is 1.09 bits per heavy atom. The monoisotopic (exact) mass is 302 g/mol. The quantitative estimate of drug-likeness (QED) is 0.342. The second-order valence-electron chi connectivity index (χ2n) is 7.54. The van der Waals surface area contributed by atoms with E-state index in [0.29, 0.717) is 13.1 Å². The van der Waals surface area contributed by atoms with E-state index in [-0.39, 0.29) is 10.8 Å². The molecule has 120 valence electrons. The van der Waals surface area contributed by atoms with E-state index < -0.39 is 0 Å². The highest BCUT2D eigenvalue weighted by Gasteiger charge is 2.47. The Morgan fingerprint density at radius 3 is 1.32 bits per heavy atom. The predicted molar refractivity (Wildman–Crippen MR) is 85.8 cm³/mol. The highest BCUT2D eigenvalue weighted by Crippen LogP contribution is 2.45. The number of nitrogens with zero attached hydrogens (tertiary/aromatic N) is 4. The molecule has 0 atom stereocenters. The summed E-state index contributed by atoms with van der Waals surface area (Å²) in [4.78, 5) is 4.30. The Kier molecular flexibility index (Phi) is 3.24. The zero-order chi connectivity index (χ0) is 15.2. The molecule has 2 aliphatic heterocycles. The van der Waals surface area contributed by atoms with Crippen LogP contribution in [0.4, 0.5) is 0 Å². The van der Waals surface area contributed by atoms with Crippen LogP contribution in [0.15, 0.2) is 10.2 Å². The zero-order valence-electron chi connectivity index (χ0n) is 13.3. The minimum atomic E-state index is -0.0136. The molecule has 4 rings (SSSR count). The van der Waals surface area contributed by atoms with E-state index in [1.165, 1.54) is 12.8 Å². The fourth-order valence-electron chi connectivity index (χ4n) is 3.74. The van der Waals surface area contributed by atoms with Crippen molar-refractivity contribution < 1.29 is 0 Å². The van der Waals surface area contributed by atoms with E-state index in [0.717, 1.165) is 63.5 Å². The molecule has 0 bridgehead atoms. The first-order valence-corrected chi connectivity index (χ1v) is 8.67. The fourth-order valence-corrected chi connectivity index (χ4v) is 3.74. The molecule has 4 aliphatic rings. The van der Waals surface area contributed by atoms with Gasteiger partial charge in [0.05, 0.1) is 13.1 Å². The van der Waals surface area contributed by atoms with Crippen LogP contribution in [0.1, 0.15) is 38.5 Å². The van der Waals surface area contributed by atoms with Crippen LogP contribution >= 0.6 is 0 Å². The summed E-state index contributed by atoms with van der Waals surface area (Å²) >= 11 is 0. The number of rotatable bonds is 6. The zero-order valence-corrected chi connectivity index (χ0v) is 13.3. The van der Waals surface area contributed by atoms with E-state index >= 15 is 0 Å². The molecule has 0 radical (unpaired) electrons. The lowest BCUT2D eigenvalue weighted by molar-refractivity contribution is 0.212. The molecular formula is C16H26N6. The Balaban J connectivity index is 1.33. The predicted octanol–water partition coefficient (Wildman–Crippen LogP) is 2.36. The maximum absolute atomic E-state index is 8.33. The van der Waals surface area contributed by atoms with Gasteiger partial charge in [0.1, 0.15) is 11.7 Å². The molecule has 2 aliphatic carbocycles. The van der Waals surface area contributed by atoms with Gasteiger partial charge in [-0.15, -0.1) is 0 Å². The van der Waals surface area contributed by atoms with E-state index in [1.807, 2.05) is 0 Å². The highest BCUT2D eigenvalue weighted by atomic mass is 15.3. The molecule has 0 aromatic heterocycles. The van der Waals surface area contributed by atoms with Gasteiger partial charge in [-0.3, -0.25) is 10.8 Å². The Labute approximate surface area is 132 Å². The van der Waals surface area contributed by atoms with Crippen LogP contribution in [-0.4, -0.2) is 60.7 Å². The number of hydrogen-bond acceptors (Lipinski definition) is 4. The van der Waals surface area contributed by atoms with Gasteiger partial charge in [0.2, 0.25) is 0 Å². The Morgan fingerprint density at radius 1 is 0.727 bits per heavy atom. The minimum Gasteiger partial charge on any atom is -0.356 e. The molecule has 0 spiro atoms. The second kappa shape index (κ2) is 5.03. The Hall–Kier alpha value is -1.46. The fraction of sp³-hybridized carbons (Fsp3) is 0.875. The van der Waals surface area contributed by atoms with Gasteiger partial charge in [-0.2, -0.15) is 10.2 Å². The summed E-state index contributed by atoms with van der Waals surface area (Å²) in [6, 6.07) is 0. The van der Waals surface area contributed by atoms with Crippen molar-refractivity contribution in [2.45, 2.75) is 38.5 Å². The largest absolute Gasteiger partial charge is 0.356 e. The summed E-state index contributed by atoms with van der Waals surface area (Å²) in [7, 11) is 0. The molecule has 2 saturated carbocycles. The lowest BCUT2D eigenvalue weighted by atomic mass is 9.67. The highest BCUT2D eigenvalue weighted by molar-refractivity contribution is 5.88. The normalized spacial score (nSPS) is 27.3. The molecule has 22 heavy (non-hydrogen) atoms. The van der Waals surface area contributed by atoms with Gasteiger partial charge in [-0.25, -0.2) is 0 Å². The van der Waals surface area contributed by atoms with Gasteiger partial charge in [0.25, 0.3) is 0 Å². The molecule has 0 amide bonds. The first-order chi connectivity index (χ1) is 10.7. The van der Waals surface area contributed by atoms with Gasteiger partial charge in [-0.05, 0) is 25.7 Å². The number of amidine groups is 2. The number of nitrogens with one attached hydrogen (secondary N) is 2. The summed E-state index contributed by atoms with van der Waals surface area (Å²) in [6.07, 6.45) is 6.81. The average Bonchev–Trinajstić information content (AvgIpc) is 3.28. The van der Waals surface area contributed by atoms with E-state index in [2.05, 4.69) is 20.0 Å². The minimum absolute atomic E-state index is 0.0136. The van der Waals surface area contributed by atoms with E-state index in [1.54, 1.807) is 0 Å². The summed E-state index contributed by atoms with van der Waals surface area (Å²) in [5.41, 5.74) is -0.0272. The molecule has 4 fully saturated rings. The molecule has 2 N–H and O–H groups in total. The van der Waals surface area contributed by atoms with Crippen molar-refractivity contribution in [2.24, 2.45) is 21.1 Å². The van der Waals surface area contributed by atoms with Crippen LogP contribution in [-0.2, 0) is 0 Å².